The molecule has 0 saturated carbocycles. The molecule has 0 aliphatic carbocycles. The molecule has 1 heterocycles. The van der Waals surface area contributed by atoms with Gasteiger partial charge in [-0.05, 0) is 36.1 Å². The molecule has 0 aliphatic rings. The smallest absolute Gasteiger partial charge is 0.161 e. The third-order valence-corrected chi connectivity index (χ3v) is 3.91. The Bertz CT molecular complexity index is 740. The van der Waals surface area contributed by atoms with E-state index in [1.165, 1.54) is 5.56 Å². The number of rotatable bonds is 8. The highest BCUT2D eigenvalue weighted by Gasteiger charge is 2.06. The van der Waals surface area contributed by atoms with Crippen LogP contribution >= 0.6 is 0 Å². The van der Waals surface area contributed by atoms with Crippen LogP contribution in [-0.4, -0.2) is 16.7 Å². The molecule has 0 unspecified atom stereocenters. The van der Waals surface area contributed by atoms with E-state index in [2.05, 4.69) is 33.8 Å². The summed E-state index contributed by atoms with van der Waals surface area (Å²) in [5.74, 6) is 1.56. The van der Waals surface area contributed by atoms with Crippen LogP contribution in [0.15, 0.2) is 67.3 Å². The zero-order valence-electron chi connectivity index (χ0n) is 13.9. The van der Waals surface area contributed by atoms with Crippen molar-refractivity contribution >= 4 is 0 Å². The molecule has 3 aromatic rings. The van der Waals surface area contributed by atoms with Crippen LogP contribution in [0.1, 0.15) is 17.5 Å². The van der Waals surface area contributed by atoms with Crippen molar-refractivity contribution in [2.75, 3.05) is 7.11 Å². The second-order valence-electron chi connectivity index (χ2n) is 5.66. The largest absolute Gasteiger partial charge is 0.493 e. The van der Waals surface area contributed by atoms with Gasteiger partial charge in [0.25, 0.3) is 0 Å². The molecule has 124 valence electrons. The fraction of sp³-hybridized carbons (Fsp3) is 0.250. The van der Waals surface area contributed by atoms with E-state index in [1.54, 1.807) is 7.11 Å². The van der Waals surface area contributed by atoms with Crippen LogP contribution in [0.5, 0.6) is 11.5 Å². The number of nitrogens with zero attached hydrogens (tertiary/aromatic N) is 2. The van der Waals surface area contributed by atoms with Crippen molar-refractivity contribution in [3.63, 3.8) is 0 Å². The van der Waals surface area contributed by atoms with Crippen molar-refractivity contribution in [3.05, 3.63) is 78.4 Å². The lowest BCUT2D eigenvalue weighted by Crippen LogP contribution is -1.99. The molecule has 0 N–H and O–H groups in total. The van der Waals surface area contributed by atoms with Gasteiger partial charge in [-0.2, -0.15) is 0 Å². The van der Waals surface area contributed by atoms with Crippen LogP contribution in [0.4, 0.5) is 0 Å². The lowest BCUT2D eigenvalue weighted by atomic mass is 10.1. The van der Waals surface area contributed by atoms with E-state index in [0.717, 1.165) is 36.4 Å². The highest BCUT2D eigenvalue weighted by atomic mass is 16.5. The molecule has 3 rings (SSSR count). The Morgan fingerprint density at radius 2 is 1.88 bits per heavy atom. The average molecular weight is 322 g/mol. The summed E-state index contributed by atoms with van der Waals surface area (Å²) in [6, 6.07) is 16.3. The van der Waals surface area contributed by atoms with Gasteiger partial charge in [0.05, 0.1) is 13.4 Å². The molecule has 2 aromatic carbocycles. The number of imidazole rings is 1. The topological polar surface area (TPSA) is 36.3 Å². The van der Waals surface area contributed by atoms with Gasteiger partial charge in [0.15, 0.2) is 11.5 Å². The summed E-state index contributed by atoms with van der Waals surface area (Å²) in [4.78, 5) is 4.06. The van der Waals surface area contributed by atoms with Gasteiger partial charge < -0.3 is 14.0 Å². The summed E-state index contributed by atoms with van der Waals surface area (Å²) < 4.78 is 13.5. The van der Waals surface area contributed by atoms with Gasteiger partial charge in [0.1, 0.15) is 6.61 Å². The zero-order chi connectivity index (χ0) is 16.6. The quantitative estimate of drug-likeness (QED) is 0.626. The van der Waals surface area contributed by atoms with Gasteiger partial charge in [0.2, 0.25) is 0 Å². The summed E-state index contributed by atoms with van der Waals surface area (Å²) in [6.07, 6.45) is 7.70. The van der Waals surface area contributed by atoms with Crippen molar-refractivity contribution in [1.29, 1.82) is 0 Å². The Labute approximate surface area is 142 Å². The monoisotopic (exact) mass is 322 g/mol. The molecule has 0 radical (unpaired) electrons. The van der Waals surface area contributed by atoms with Gasteiger partial charge in [-0.1, -0.05) is 36.4 Å². The van der Waals surface area contributed by atoms with Crippen LogP contribution in [0, 0.1) is 0 Å². The van der Waals surface area contributed by atoms with Crippen molar-refractivity contribution in [3.8, 4) is 11.5 Å². The van der Waals surface area contributed by atoms with E-state index in [4.69, 9.17) is 9.47 Å². The minimum absolute atomic E-state index is 0.539. The maximum Gasteiger partial charge on any atom is 0.161 e. The van der Waals surface area contributed by atoms with E-state index < -0.39 is 0 Å². The first-order valence-electron chi connectivity index (χ1n) is 8.14. The summed E-state index contributed by atoms with van der Waals surface area (Å²) in [6.45, 7) is 1.51. The molecule has 0 spiro atoms. The molecule has 0 bridgehead atoms. The minimum Gasteiger partial charge on any atom is -0.493 e. The standard InChI is InChI=1S/C20H22N2O2/c1-23-20-14-17(8-5-12-22-13-11-21-16-22)9-10-19(20)24-15-18-6-3-2-4-7-18/h2-4,6-7,9-11,13-14,16H,5,8,12,15H2,1H3. The minimum atomic E-state index is 0.539. The lowest BCUT2D eigenvalue weighted by molar-refractivity contribution is 0.284. The van der Waals surface area contributed by atoms with E-state index >= 15 is 0 Å². The number of aryl methyl sites for hydroxylation is 2. The molecule has 4 nitrogen and oxygen atoms in total. The third-order valence-electron chi connectivity index (χ3n) is 3.91. The van der Waals surface area contributed by atoms with Crippen molar-refractivity contribution < 1.29 is 9.47 Å². The van der Waals surface area contributed by atoms with Crippen molar-refractivity contribution in [2.24, 2.45) is 0 Å². The van der Waals surface area contributed by atoms with E-state index in [1.807, 2.05) is 43.0 Å². The molecule has 4 heteroatoms. The number of hydrogen-bond donors (Lipinski definition) is 0. The third kappa shape index (κ3) is 4.38. The molecular formula is C20H22N2O2. The fourth-order valence-electron chi connectivity index (χ4n) is 2.61. The first-order chi connectivity index (χ1) is 11.8. The highest BCUT2D eigenvalue weighted by molar-refractivity contribution is 5.43. The van der Waals surface area contributed by atoms with Gasteiger partial charge >= 0.3 is 0 Å². The number of methoxy groups -OCH3 is 1. The van der Waals surface area contributed by atoms with Crippen LogP contribution in [0.2, 0.25) is 0 Å². The summed E-state index contributed by atoms with van der Waals surface area (Å²) >= 11 is 0. The first kappa shape index (κ1) is 16.1. The number of benzene rings is 2. The molecule has 0 saturated heterocycles. The second-order valence-corrected chi connectivity index (χ2v) is 5.66. The van der Waals surface area contributed by atoms with Crippen LogP contribution in [-0.2, 0) is 19.6 Å². The van der Waals surface area contributed by atoms with Gasteiger partial charge in [-0.15, -0.1) is 0 Å². The van der Waals surface area contributed by atoms with Crippen LogP contribution in [0.3, 0.4) is 0 Å². The maximum absolute atomic E-state index is 5.90. The lowest BCUT2D eigenvalue weighted by Gasteiger charge is -2.12. The Morgan fingerprint density at radius 1 is 1.00 bits per heavy atom. The summed E-state index contributed by atoms with van der Waals surface area (Å²) in [5.41, 5.74) is 2.39. The van der Waals surface area contributed by atoms with Gasteiger partial charge in [-0.3, -0.25) is 0 Å². The first-order valence-corrected chi connectivity index (χ1v) is 8.14. The van der Waals surface area contributed by atoms with Crippen molar-refractivity contribution in [1.82, 2.24) is 9.55 Å². The maximum atomic E-state index is 5.90. The van der Waals surface area contributed by atoms with E-state index in [0.29, 0.717) is 6.61 Å². The Kier molecular flexibility index (Phi) is 5.51. The molecule has 0 fully saturated rings. The average Bonchev–Trinajstić information content (AvgIpc) is 3.15. The molecule has 0 atom stereocenters. The SMILES string of the molecule is COc1cc(CCCn2ccnc2)ccc1OCc1ccccc1. The zero-order valence-corrected chi connectivity index (χ0v) is 13.9. The Morgan fingerprint density at radius 3 is 2.62 bits per heavy atom. The van der Waals surface area contributed by atoms with Gasteiger partial charge in [0, 0.05) is 18.9 Å². The number of aromatic nitrogens is 2. The normalized spacial score (nSPS) is 10.5. The Hall–Kier alpha value is -2.75. The fourth-order valence-corrected chi connectivity index (χ4v) is 2.61. The summed E-state index contributed by atoms with van der Waals surface area (Å²) in [5, 5.41) is 0. The highest BCUT2D eigenvalue weighted by Crippen LogP contribution is 2.29. The second kappa shape index (κ2) is 8.20. The summed E-state index contributed by atoms with van der Waals surface area (Å²) in [7, 11) is 1.68. The van der Waals surface area contributed by atoms with E-state index in [9.17, 15) is 0 Å². The Balaban J connectivity index is 1.58. The molecular weight excluding hydrogens is 300 g/mol. The van der Waals surface area contributed by atoms with Crippen LogP contribution in [0.25, 0.3) is 0 Å². The molecule has 1 aromatic heterocycles. The predicted octanol–water partition coefficient (Wildman–Crippen LogP) is 4.10. The molecule has 24 heavy (non-hydrogen) atoms. The van der Waals surface area contributed by atoms with Crippen LogP contribution < -0.4 is 9.47 Å². The van der Waals surface area contributed by atoms with Crippen molar-refractivity contribution in [2.45, 2.75) is 26.0 Å². The molecule has 0 amide bonds. The number of hydrogen-bond acceptors (Lipinski definition) is 3. The van der Waals surface area contributed by atoms with Gasteiger partial charge in [-0.25, -0.2) is 4.98 Å². The number of ether oxygens (including phenoxy) is 2. The predicted molar refractivity (Wildman–Crippen MR) is 94.3 cm³/mol. The van der Waals surface area contributed by atoms with E-state index in [-0.39, 0.29) is 0 Å². The molecule has 0 aliphatic heterocycles.